The van der Waals surface area contributed by atoms with Crippen LogP contribution >= 0.6 is 15.9 Å². The van der Waals surface area contributed by atoms with E-state index in [4.69, 9.17) is 0 Å². The monoisotopic (exact) mass is 372 g/mol. The summed E-state index contributed by atoms with van der Waals surface area (Å²) in [4.78, 5) is 0. The number of aromatic hydroxyl groups is 1. The summed E-state index contributed by atoms with van der Waals surface area (Å²) in [6.45, 7) is 0. The summed E-state index contributed by atoms with van der Waals surface area (Å²) in [7, 11) is 0. The van der Waals surface area contributed by atoms with Crippen molar-refractivity contribution in [2.24, 2.45) is 0 Å². The highest BCUT2D eigenvalue weighted by Gasteiger charge is 2.30. The van der Waals surface area contributed by atoms with Crippen LogP contribution in [0.2, 0.25) is 0 Å². The zero-order valence-electron chi connectivity index (χ0n) is 11.3. The third kappa shape index (κ3) is 5.11. The summed E-state index contributed by atoms with van der Waals surface area (Å²) in [6, 6.07) is 10.7. The van der Waals surface area contributed by atoms with Crippen molar-refractivity contribution in [1.82, 2.24) is 0 Å². The van der Waals surface area contributed by atoms with Gasteiger partial charge in [-0.15, -0.1) is 13.2 Å². The van der Waals surface area contributed by atoms with Gasteiger partial charge in [-0.3, -0.25) is 0 Å². The van der Waals surface area contributed by atoms with Gasteiger partial charge in [0.1, 0.15) is 11.5 Å². The molecule has 0 fully saturated rings. The first-order valence-electron chi connectivity index (χ1n) is 6.33. The van der Waals surface area contributed by atoms with E-state index in [1.54, 1.807) is 24.3 Å². The first kappa shape index (κ1) is 16.4. The van der Waals surface area contributed by atoms with Gasteiger partial charge < -0.3 is 9.84 Å². The van der Waals surface area contributed by atoms with E-state index in [1.807, 2.05) is 6.08 Å². The minimum absolute atomic E-state index is 0.196. The Bertz CT molecular complexity index is 664. The van der Waals surface area contributed by atoms with Crippen molar-refractivity contribution in [2.75, 3.05) is 0 Å². The molecule has 0 heterocycles. The van der Waals surface area contributed by atoms with E-state index in [-0.39, 0.29) is 11.5 Å². The van der Waals surface area contributed by atoms with Crippen molar-refractivity contribution in [2.45, 2.75) is 12.8 Å². The van der Waals surface area contributed by atoms with Crippen molar-refractivity contribution in [3.05, 3.63) is 64.1 Å². The number of phenols is 1. The fourth-order valence-electron chi connectivity index (χ4n) is 1.82. The molecule has 2 rings (SSSR count). The zero-order valence-corrected chi connectivity index (χ0v) is 12.9. The number of ether oxygens (including phenoxy) is 1. The molecule has 0 atom stereocenters. The number of halogens is 4. The Labute approximate surface area is 134 Å². The fourth-order valence-corrected chi connectivity index (χ4v) is 2.23. The largest absolute Gasteiger partial charge is 0.573 e. The molecule has 0 spiro atoms. The Morgan fingerprint density at radius 1 is 1.09 bits per heavy atom. The first-order chi connectivity index (χ1) is 10.3. The van der Waals surface area contributed by atoms with Crippen molar-refractivity contribution >= 4 is 22.0 Å². The fraction of sp³-hybridized carbons (Fsp3) is 0.125. The molecule has 0 aromatic heterocycles. The van der Waals surface area contributed by atoms with Crippen molar-refractivity contribution < 1.29 is 23.0 Å². The second-order valence-electron chi connectivity index (χ2n) is 4.50. The van der Waals surface area contributed by atoms with Crippen LogP contribution in [0.5, 0.6) is 11.5 Å². The van der Waals surface area contributed by atoms with Crippen LogP contribution in [-0.2, 0) is 6.42 Å². The summed E-state index contributed by atoms with van der Waals surface area (Å²) in [5, 5.41) is 9.70. The first-order valence-corrected chi connectivity index (χ1v) is 7.12. The lowest BCUT2D eigenvalue weighted by molar-refractivity contribution is -0.274. The number of allylic oxidation sites excluding steroid dienone is 1. The number of hydrogen-bond acceptors (Lipinski definition) is 2. The molecule has 0 aliphatic carbocycles. The zero-order chi connectivity index (χ0) is 16.2. The van der Waals surface area contributed by atoms with Gasteiger partial charge in [0.05, 0.1) is 0 Å². The number of benzene rings is 2. The number of phenolic OH excluding ortho intramolecular Hbond substituents is 1. The summed E-state index contributed by atoms with van der Waals surface area (Å²) < 4.78 is 40.8. The molecule has 0 bridgehead atoms. The second-order valence-corrected chi connectivity index (χ2v) is 5.41. The van der Waals surface area contributed by atoms with Gasteiger partial charge in [-0.2, -0.15) is 0 Å². The maximum absolute atomic E-state index is 12.0. The van der Waals surface area contributed by atoms with Gasteiger partial charge in [0.15, 0.2) is 0 Å². The molecular formula is C16H12BrF3O2. The molecule has 0 saturated carbocycles. The molecule has 0 amide bonds. The summed E-state index contributed by atoms with van der Waals surface area (Å²) in [5.41, 5.74) is 1.49. The number of rotatable bonds is 4. The van der Waals surface area contributed by atoms with E-state index in [9.17, 15) is 18.3 Å². The Morgan fingerprint density at radius 2 is 1.77 bits per heavy atom. The SMILES string of the molecule is Oc1ccc(Br)cc1C/C=C/c1ccc(OC(F)(F)F)cc1. The average molecular weight is 373 g/mol. The van der Waals surface area contributed by atoms with Gasteiger partial charge in [0.2, 0.25) is 0 Å². The highest BCUT2D eigenvalue weighted by Crippen LogP contribution is 2.24. The van der Waals surface area contributed by atoms with Crippen LogP contribution in [0.1, 0.15) is 11.1 Å². The van der Waals surface area contributed by atoms with Crippen LogP contribution in [-0.4, -0.2) is 11.5 Å². The van der Waals surface area contributed by atoms with E-state index in [0.717, 1.165) is 15.6 Å². The predicted octanol–water partition coefficient (Wildman–Crippen LogP) is 5.31. The maximum atomic E-state index is 12.0. The van der Waals surface area contributed by atoms with Crippen LogP contribution < -0.4 is 4.74 Å². The Hall–Kier alpha value is -1.95. The molecule has 116 valence electrons. The van der Waals surface area contributed by atoms with Crippen LogP contribution in [0.4, 0.5) is 13.2 Å². The molecule has 1 N–H and O–H groups in total. The van der Waals surface area contributed by atoms with Crippen LogP contribution in [0, 0.1) is 0 Å². The lowest BCUT2D eigenvalue weighted by Crippen LogP contribution is -2.16. The number of hydrogen-bond donors (Lipinski definition) is 1. The molecule has 0 aliphatic rings. The van der Waals surface area contributed by atoms with Gasteiger partial charge in [0, 0.05) is 4.47 Å². The molecular weight excluding hydrogens is 361 g/mol. The minimum Gasteiger partial charge on any atom is -0.508 e. The third-order valence-corrected chi connectivity index (χ3v) is 3.30. The van der Waals surface area contributed by atoms with Gasteiger partial charge in [-0.1, -0.05) is 40.2 Å². The van der Waals surface area contributed by atoms with Crippen molar-refractivity contribution in [3.63, 3.8) is 0 Å². The van der Waals surface area contributed by atoms with Crippen molar-refractivity contribution in [1.29, 1.82) is 0 Å². The molecule has 2 nitrogen and oxygen atoms in total. The Kier molecular flexibility index (Phi) is 5.13. The quantitative estimate of drug-likeness (QED) is 0.787. The molecule has 0 unspecified atom stereocenters. The molecule has 22 heavy (non-hydrogen) atoms. The van der Waals surface area contributed by atoms with E-state index >= 15 is 0 Å². The molecule has 0 saturated heterocycles. The van der Waals surface area contributed by atoms with E-state index in [2.05, 4.69) is 20.7 Å². The van der Waals surface area contributed by atoms with E-state index < -0.39 is 6.36 Å². The molecule has 0 radical (unpaired) electrons. The maximum Gasteiger partial charge on any atom is 0.573 e. The summed E-state index contributed by atoms with van der Waals surface area (Å²) in [5.74, 6) is -0.0592. The van der Waals surface area contributed by atoms with E-state index in [1.165, 1.54) is 24.3 Å². The molecule has 0 aliphatic heterocycles. The second kappa shape index (κ2) is 6.87. The van der Waals surface area contributed by atoms with Gasteiger partial charge in [0.25, 0.3) is 0 Å². The topological polar surface area (TPSA) is 29.5 Å². The Balaban J connectivity index is 2.00. The normalized spacial score (nSPS) is 11.8. The van der Waals surface area contributed by atoms with Gasteiger partial charge in [-0.25, -0.2) is 0 Å². The third-order valence-electron chi connectivity index (χ3n) is 2.80. The summed E-state index contributed by atoms with van der Waals surface area (Å²) in [6.07, 6.45) is -0.597. The molecule has 2 aromatic rings. The summed E-state index contributed by atoms with van der Waals surface area (Å²) >= 11 is 3.32. The van der Waals surface area contributed by atoms with Crippen LogP contribution in [0.15, 0.2) is 53.0 Å². The number of alkyl halides is 3. The van der Waals surface area contributed by atoms with Crippen LogP contribution in [0.25, 0.3) is 6.08 Å². The molecule has 6 heteroatoms. The Morgan fingerprint density at radius 3 is 2.41 bits per heavy atom. The standard InChI is InChI=1S/C16H12BrF3O2/c17-13-6-9-15(21)12(10-13)3-1-2-11-4-7-14(8-5-11)22-16(18,19)20/h1-2,4-10,21H,3H2/b2-1+. The smallest absolute Gasteiger partial charge is 0.508 e. The van der Waals surface area contributed by atoms with Crippen LogP contribution in [0.3, 0.4) is 0 Å². The van der Waals surface area contributed by atoms with Crippen molar-refractivity contribution in [3.8, 4) is 11.5 Å². The molecule has 2 aromatic carbocycles. The van der Waals surface area contributed by atoms with E-state index in [0.29, 0.717) is 6.42 Å². The lowest BCUT2D eigenvalue weighted by Gasteiger charge is -2.08. The lowest BCUT2D eigenvalue weighted by atomic mass is 10.1. The minimum atomic E-state index is -4.68. The van der Waals surface area contributed by atoms with Gasteiger partial charge >= 0.3 is 6.36 Å². The highest BCUT2D eigenvalue weighted by atomic mass is 79.9. The van der Waals surface area contributed by atoms with Gasteiger partial charge in [-0.05, 0) is 47.9 Å². The average Bonchev–Trinajstić information content (AvgIpc) is 2.43. The highest BCUT2D eigenvalue weighted by molar-refractivity contribution is 9.10. The predicted molar refractivity (Wildman–Crippen MR) is 81.7 cm³/mol.